The Labute approximate surface area is 91.2 Å². The maximum absolute atomic E-state index is 5.15. The van der Waals surface area contributed by atoms with E-state index in [1.54, 1.807) is 7.11 Å². The fraction of sp³-hybridized carbons (Fsp3) is 0.500. The number of rotatable bonds is 2. The first-order valence-electron chi connectivity index (χ1n) is 5.33. The van der Waals surface area contributed by atoms with Crippen LogP contribution >= 0.6 is 0 Å². The molecule has 1 unspecified atom stereocenters. The topological polar surface area (TPSA) is 15.7 Å². The van der Waals surface area contributed by atoms with Gasteiger partial charge in [0.05, 0.1) is 13.3 Å². The Morgan fingerprint density at radius 3 is 2.33 bits per heavy atom. The normalized spacial score (nSPS) is 22.1. The molecule has 1 fully saturated rings. The van der Waals surface area contributed by atoms with Crippen LogP contribution in [0.1, 0.15) is 6.92 Å². The van der Waals surface area contributed by atoms with Gasteiger partial charge in [0, 0.05) is 18.8 Å². The van der Waals surface area contributed by atoms with E-state index in [1.807, 2.05) is 12.1 Å². The highest BCUT2D eigenvalue weighted by Gasteiger charge is 2.24. The van der Waals surface area contributed by atoms with E-state index < -0.39 is 0 Å². The van der Waals surface area contributed by atoms with Gasteiger partial charge in [-0.3, -0.25) is 4.90 Å². The average molecular weight is 206 g/mol. The molecule has 0 aromatic heterocycles. The second kappa shape index (κ2) is 4.11. The number of methoxy groups -OCH3 is 1. The van der Waals surface area contributed by atoms with Crippen molar-refractivity contribution in [1.82, 2.24) is 4.90 Å². The average Bonchev–Trinajstić information content (AvgIpc) is 2.60. The first kappa shape index (κ1) is 10.3. The summed E-state index contributed by atoms with van der Waals surface area (Å²) in [6.45, 7) is 4.47. The Bertz CT molecular complexity index is 323. The van der Waals surface area contributed by atoms with Crippen molar-refractivity contribution in [2.45, 2.75) is 13.1 Å². The minimum absolute atomic E-state index is 0.485. The minimum Gasteiger partial charge on any atom is -0.497 e. The summed E-state index contributed by atoms with van der Waals surface area (Å²) >= 11 is 0. The van der Waals surface area contributed by atoms with E-state index in [-0.39, 0.29) is 0 Å². The number of ether oxygens (including phenoxy) is 1. The van der Waals surface area contributed by atoms with Gasteiger partial charge in [0.2, 0.25) is 0 Å². The van der Waals surface area contributed by atoms with Crippen LogP contribution in [-0.4, -0.2) is 38.3 Å². The third kappa shape index (κ3) is 1.92. The van der Waals surface area contributed by atoms with Gasteiger partial charge in [-0.1, -0.05) is 0 Å². The molecule has 0 N–H and O–H groups in total. The molecule has 0 amide bonds. The first-order valence-corrected chi connectivity index (χ1v) is 5.33. The molecule has 0 aliphatic carbocycles. The van der Waals surface area contributed by atoms with Crippen molar-refractivity contribution in [3.63, 3.8) is 0 Å². The second-order valence-corrected chi connectivity index (χ2v) is 4.00. The third-order valence-electron chi connectivity index (χ3n) is 3.19. The molecule has 3 heteroatoms. The lowest BCUT2D eigenvalue weighted by Crippen LogP contribution is -2.33. The SMILES string of the molecule is COc1ccc(N2CCN(C)C2C)cc1. The van der Waals surface area contributed by atoms with Crippen LogP contribution < -0.4 is 9.64 Å². The van der Waals surface area contributed by atoms with Gasteiger partial charge in [-0.2, -0.15) is 0 Å². The number of likely N-dealkylation sites (N-methyl/N-ethyl adjacent to an activating group) is 1. The first-order chi connectivity index (χ1) is 7.22. The predicted molar refractivity (Wildman–Crippen MR) is 62.4 cm³/mol. The molecule has 1 aliphatic heterocycles. The zero-order valence-electron chi connectivity index (χ0n) is 9.60. The van der Waals surface area contributed by atoms with E-state index in [0.717, 1.165) is 18.8 Å². The van der Waals surface area contributed by atoms with Crippen molar-refractivity contribution in [3.8, 4) is 5.75 Å². The standard InChI is InChI=1S/C12H18N2O/c1-10-13(2)8-9-14(10)11-4-6-12(15-3)7-5-11/h4-7,10H,8-9H2,1-3H3. The maximum atomic E-state index is 5.15. The van der Waals surface area contributed by atoms with Crippen LogP contribution in [0.25, 0.3) is 0 Å². The maximum Gasteiger partial charge on any atom is 0.119 e. The van der Waals surface area contributed by atoms with Gasteiger partial charge < -0.3 is 9.64 Å². The fourth-order valence-corrected chi connectivity index (χ4v) is 2.00. The van der Waals surface area contributed by atoms with Crippen LogP contribution in [0.4, 0.5) is 5.69 Å². The van der Waals surface area contributed by atoms with Crippen molar-refractivity contribution in [2.24, 2.45) is 0 Å². The van der Waals surface area contributed by atoms with E-state index in [9.17, 15) is 0 Å². The van der Waals surface area contributed by atoms with Crippen LogP contribution in [0.3, 0.4) is 0 Å². The quantitative estimate of drug-likeness (QED) is 0.733. The highest BCUT2D eigenvalue weighted by molar-refractivity contribution is 5.50. The molecule has 0 saturated carbocycles. The van der Waals surface area contributed by atoms with Crippen molar-refractivity contribution >= 4 is 5.69 Å². The summed E-state index contributed by atoms with van der Waals surface area (Å²) in [7, 11) is 3.86. The molecule has 0 radical (unpaired) electrons. The molecule has 1 aromatic rings. The zero-order chi connectivity index (χ0) is 10.8. The van der Waals surface area contributed by atoms with Gasteiger partial charge in [0.15, 0.2) is 0 Å². The fourth-order valence-electron chi connectivity index (χ4n) is 2.00. The summed E-state index contributed by atoms with van der Waals surface area (Å²) in [6, 6.07) is 8.27. The van der Waals surface area contributed by atoms with E-state index >= 15 is 0 Å². The molecule has 1 heterocycles. The van der Waals surface area contributed by atoms with Crippen molar-refractivity contribution in [1.29, 1.82) is 0 Å². The van der Waals surface area contributed by atoms with E-state index in [4.69, 9.17) is 4.74 Å². The lowest BCUT2D eigenvalue weighted by atomic mass is 10.2. The van der Waals surface area contributed by atoms with E-state index in [1.165, 1.54) is 5.69 Å². The molecule has 0 spiro atoms. The van der Waals surface area contributed by atoms with Crippen molar-refractivity contribution in [2.75, 3.05) is 32.1 Å². The highest BCUT2D eigenvalue weighted by Crippen LogP contribution is 2.24. The summed E-state index contributed by atoms with van der Waals surface area (Å²) in [6.07, 6.45) is 0.485. The molecular weight excluding hydrogens is 188 g/mol. The summed E-state index contributed by atoms with van der Waals surface area (Å²) in [5.41, 5.74) is 1.27. The summed E-state index contributed by atoms with van der Waals surface area (Å²) in [4.78, 5) is 4.75. The van der Waals surface area contributed by atoms with Gasteiger partial charge in [-0.25, -0.2) is 0 Å². The van der Waals surface area contributed by atoms with Crippen LogP contribution in [0.15, 0.2) is 24.3 Å². The van der Waals surface area contributed by atoms with E-state index in [0.29, 0.717) is 6.17 Å². The number of nitrogens with zero attached hydrogens (tertiary/aromatic N) is 2. The lowest BCUT2D eigenvalue weighted by Gasteiger charge is -2.26. The largest absolute Gasteiger partial charge is 0.497 e. The third-order valence-corrected chi connectivity index (χ3v) is 3.19. The Kier molecular flexibility index (Phi) is 2.82. The van der Waals surface area contributed by atoms with Crippen molar-refractivity contribution < 1.29 is 4.74 Å². The predicted octanol–water partition coefficient (Wildman–Crippen LogP) is 1.79. The Balaban J connectivity index is 2.16. The Morgan fingerprint density at radius 2 is 1.87 bits per heavy atom. The molecule has 2 rings (SSSR count). The molecule has 15 heavy (non-hydrogen) atoms. The zero-order valence-corrected chi connectivity index (χ0v) is 9.60. The molecular formula is C12H18N2O. The molecule has 3 nitrogen and oxygen atoms in total. The summed E-state index contributed by atoms with van der Waals surface area (Å²) in [5, 5.41) is 0. The number of hydrogen-bond donors (Lipinski definition) is 0. The Hall–Kier alpha value is -1.22. The van der Waals surface area contributed by atoms with Gasteiger partial charge in [-0.05, 0) is 38.2 Å². The van der Waals surface area contributed by atoms with Crippen LogP contribution in [0.5, 0.6) is 5.75 Å². The number of hydrogen-bond acceptors (Lipinski definition) is 3. The van der Waals surface area contributed by atoms with Gasteiger partial charge >= 0.3 is 0 Å². The monoisotopic (exact) mass is 206 g/mol. The van der Waals surface area contributed by atoms with Gasteiger partial charge in [-0.15, -0.1) is 0 Å². The summed E-state index contributed by atoms with van der Waals surface area (Å²) < 4.78 is 5.15. The molecule has 0 bridgehead atoms. The molecule has 1 atom stereocenters. The summed E-state index contributed by atoms with van der Waals surface area (Å²) in [5.74, 6) is 0.916. The lowest BCUT2D eigenvalue weighted by molar-refractivity contribution is 0.332. The highest BCUT2D eigenvalue weighted by atomic mass is 16.5. The van der Waals surface area contributed by atoms with Crippen LogP contribution in [-0.2, 0) is 0 Å². The number of benzene rings is 1. The number of anilines is 1. The Morgan fingerprint density at radius 1 is 1.20 bits per heavy atom. The molecule has 1 aromatic carbocycles. The van der Waals surface area contributed by atoms with E-state index in [2.05, 4.69) is 35.9 Å². The molecule has 1 aliphatic rings. The van der Waals surface area contributed by atoms with Crippen LogP contribution in [0.2, 0.25) is 0 Å². The van der Waals surface area contributed by atoms with Gasteiger partial charge in [0.1, 0.15) is 5.75 Å². The molecule has 1 saturated heterocycles. The smallest absolute Gasteiger partial charge is 0.119 e. The second-order valence-electron chi connectivity index (χ2n) is 4.00. The minimum atomic E-state index is 0.485. The van der Waals surface area contributed by atoms with Gasteiger partial charge in [0.25, 0.3) is 0 Å². The molecule has 82 valence electrons. The van der Waals surface area contributed by atoms with Crippen molar-refractivity contribution in [3.05, 3.63) is 24.3 Å². The van der Waals surface area contributed by atoms with Crippen LogP contribution in [0, 0.1) is 0 Å².